The molecule has 0 amide bonds. The SMILES string of the molecule is O=C([O-])/C=C1\CC(=O)O[C@]1(O)CCC(=O)[O-]. The van der Waals surface area contributed by atoms with Crippen LogP contribution >= 0.6 is 0 Å². The molecular weight excluding hydrogens is 220 g/mol. The number of ether oxygens (including phenoxy) is 1. The van der Waals surface area contributed by atoms with Crippen LogP contribution in [0, 0.1) is 0 Å². The van der Waals surface area contributed by atoms with Crippen LogP contribution in [-0.2, 0) is 19.1 Å². The van der Waals surface area contributed by atoms with Crippen molar-refractivity contribution in [2.24, 2.45) is 0 Å². The maximum atomic E-state index is 10.9. The average Bonchev–Trinajstić information content (AvgIpc) is 2.38. The van der Waals surface area contributed by atoms with Crippen molar-refractivity contribution < 1.29 is 34.4 Å². The van der Waals surface area contributed by atoms with Gasteiger partial charge in [0.15, 0.2) is 0 Å². The molecule has 0 aromatic carbocycles. The van der Waals surface area contributed by atoms with Crippen LogP contribution in [0.5, 0.6) is 0 Å². The lowest BCUT2D eigenvalue weighted by molar-refractivity contribution is -0.307. The van der Waals surface area contributed by atoms with Gasteiger partial charge in [-0.2, -0.15) is 0 Å². The molecule has 1 rings (SSSR count). The summed E-state index contributed by atoms with van der Waals surface area (Å²) in [5.41, 5.74) is -0.223. The molecule has 0 unspecified atom stereocenters. The fraction of sp³-hybridized carbons (Fsp3) is 0.444. The van der Waals surface area contributed by atoms with Gasteiger partial charge >= 0.3 is 5.97 Å². The highest BCUT2D eigenvalue weighted by Gasteiger charge is 2.42. The van der Waals surface area contributed by atoms with Crippen molar-refractivity contribution in [1.82, 2.24) is 0 Å². The van der Waals surface area contributed by atoms with E-state index in [1.807, 2.05) is 0 Å². The van der Waals surface area contributed by atoms with E-state index in [-0.39, 0.29) is 5.57 Å². The fourth-order valence-corrected chi connectivity index (χ4v) is 1.37. The predicted molar refractivity (Wildman–Crippen MR) is 43.0 cm³/mol. The molecule has 1 aliphatic heterocycles. The van der Waals surface area contributed by atoms with Crippen molar-refractivity contribution in [1.29, 1.82) is 0 Å². The van der Waals surface area contributed by atoms with Gasteiger partial charge in [0.1, 0.15) is 0 Å². The number of hydrogen-bond donors (Lipinski definition) is 1. The summed E-state index contributed by atoms with van der Waals surface area (Å²) in [4.78, 5) is 31.4. The number of hydrogen-bond acceptors (Lipinski definition) is 7. The summed E-state index contributed by atoms with van der Waals surface area (Å²) in [6.07, 6.45) is -0.897. The third-order valence-electron chi connectivity index (χ3n) is 2.08. The van der Waals surface area contributed by atoms with Gasteiger partial charge in [-0.3, -0.25) is 4.79 Å². The molecule has 1 aliphatic rings. The zero-order valence-corrected chi connectivity index (χ0v) is 8.10. The highest BCUT2D eigenvalue weighted by atomic mass is 16.7. The summed E-state index contributed by atoms with van der Waals surface area (Å²) >= 11 is 0. The molecule has 16 heavy (non-hydrogen) atoms. The van der Waals surface area contributed by atoms with Crippen LogP contribution in [0.2, 0.25) is 0 Å². The molecule has 0 spiro atoms. The minimum Gasteiger partial charge on any atom is -0.550 e. The molecule has 0 aliphatic carbocycles. The van der Waals surface area contributed by atoms with Crippen LogP contribution in [0.15, 0.2) is 11.6 Å². The zero-order chi connectivity index (χ0) is 12.3. The molecule has 7 heteroatoms. The summed E-state index contributed by atoms with van der Waals surface area (Å²) in [6.45, 7) is 0. The first kappa shape index (κ1) is 12.2. The van der Waals surface area contributed by atoms with E-state index < -0.39 is 43.0 Å². The second-order valence-corrected chi connectivity index (χ2v) is 3.30. The van der Waals surface area contributed by atoms with Gasteiger partial charge in [-0.25, -0.2) is 0 Å². The largest absolute Gasteiger partial charge is 0.550 e. The molecule has 88 valence electrons. The lowest BCUT2D eigenvalue weighted by atomic mass is 10.0. The molecule has 1 N–H and O–H groups in total. The number of cyclic esters (lactones) is 1. The number of carbonyl (C=O) groups is 3. The topological polar surface area (TPSA) is 127 Å². The number of aliphatic carboxylic acids is 2. The smallest absolute Gasteiger partial charge is 0.312 e. The lowest BCUT2D eigenvalue weighted by Gasteiger charge is -2.23. The van der Waals surface area contributed by atoms with E-state index in [0.717, 1.165) is 0 Å². The minimum atomic E-state index is -2.18. The Kier molecular flexibility index (Phi) is 3.28. The van der Waals surface area contributed by atoms with Gasteiger partial charge in [0.25, 0.3) is 0 Å². The quantitative estimate of drug-likeness (QED) is 0.397. The van der Waals surface area contributed by atoms with Crippen molar-refractivity contribution in [3.63, 3.8) is 0 Å². The molecule has 0 bridgehead atoms. The molecule has 0 aromatic rings. The van der Waals surface area contributed by atoms with Crippen LogP contribution in [0.4, 0.5) is 0 Å². The van der Waals surface area contributed by atoms with Crippen molar-refractivity contribution in [3.05, 3.63) is 11.6 Å². The van der Waals surface area contributed by atoms with E-state index in [4.69, 9.17) is 0 Å². The average molecular weight is 228 g/mol. The molecule has 1 fully saturated rings. The van der Waals surface area contributed by atoms with Crippen molar-refractivity contribution >= 4 is 17.9 Å². The first-order valence-corrected chi connectivity index (χ1v) is 4.39. The number of carboxylic acid groups (broad SMARTS) is 2. The first-order valence-electron chi connectivity index (χ1n) is 4.39. The zero-order valence-electron chi connectivity index (χ0n) is 8.10. The van der Waals surface area contributed by atoms with Gasteiger partial charge in [-0.1, -0.05) is 0 Å². The van der Waals surface area contributed by atoms with Crippen LogP contribution in [0.1, 0.15) is 19.3 Å². The van der Waals surface area contributed by atoms with E-state index >= 15 is 0 Å². The molecule has 0 radical (unpaired) electrons. The monoisotopic (exact) mass is 228 g/mol. The molecule has 0 aromatic heterocycles. The van der Waals surface area contributed by atoms with Crippen LogP contribution in [0.25, 0.3) is 0 Å². The molecular formula is C9H8O7-2. The Morgan fingerprint density at radius 2 is 2.12 bits per heavy atom. The van der Waals surface area contributed by atoms with E-state index in [2.05, 4.69) is 4.74 Å². The number of esters is 1. The first-order chi connectivity index (χ1) is 7.33. The summed E-state index contributed by atoms with van der Waals surface area (Å²) in [7, 11) is 0. The van der Waals surface area contributed by atoms with Crippen LogP contribution in [0.3, 0.4) is 0 Å². The normalized spacial score (nSPS) is 26.8. The summed E-state index contributed by atoms with van der Waals surface area (Å²) in [5.74, 6) is -6.05. The number of rotatable bonds is 4. The number of carboxylic acids is 2. The van der Waals surface area contributed by atoms with Gasteiger partial charge in [0.2, 0.25) is 5.79 Å². The molecule has 1 saturated heterocycles. The summed E-state index contributed by atoms with van der Waals surface area (Å²) in [5, 5.41) is 30.2. The Morgan fingerprint density at radius 3 is 2.62 bits per heavy atom. The maximum absolute atomic E-state index is 10.9. The third-order valence-corrected chi connectivity index (χ3v) is 2.08. The van der Waals surface area contributed by atoms with Gasteiger partial charge in [-0.15, -0.1) is 0 Å². The second-order valence-electron chi connectivity index (χ2n) is 3.30. The highest BCUT2D eigenvalue weighted by molar-refractivity contribution is 5.84. The third kappa shape index (κ3) is 2.80. The van der Waals surface area contributed by atoms with Crippen LogP contribution in [-0.4, -0.2) is 28.8 Å². The number of carbonyl (C=O) groups excluding carboxylic acids is 3. The predicted octanol–water partition coefficient (Wildman–Crippen LogP) is -3.17. The summed E-state index contributed by atoms with van der Waals surface area (Å²) < 4.78 is 4.48. The fourth-order valence-electron chi connectivity index (χ4n) is 1.37. The number of aliphatic hydroxyl groups is 1. The maximum Gasteiger partial charge on any atom is 0.312 e. The Bertz CT molecular complexity index is 370. The molecule has 1 heterocycles. The van der Waals surface area contributed by atoms with Gasteiger partial charge in [0, 0.05) is 18.0 Å². The van der Waals surface area contributed by atoms with Gasteiger partial charge in [-0.05, 0) is 12.5 Å². The highest BCUT2D eigenvalue weighted by Crippen LogP contribution is 2.33. The van der Waals surface area contributed by atoms with Gasteiger partial charge < -0.3 is 29.6 Å². The summed E-state index contributed by atoms with van der Waals surface area (Å²) in [6, 6.07) is 0. The van der Waals surface area contributed by atoms with Crippen molar-refractivity contribution in [2.75, 3.05) is 0 Å². The Hall–Kier alpha value is -1.89. The van der Waals surface area contributed by atoms with Crippen LogP contribution < -0.4 is 10.2 Å². The second kappa shape index (κ2) is 4.31. The van der Waals surface area contributed by atoms with E-state index in [0.29, 0.717) is 6.08 Å². The Morgan fingerprint density at radius 1 is 1.50 bits per heavy atom. The van der Waals surface area contributed by atoms with Gasteiger partial charge in [0.05, 0.1) is 12.4 Å². The van der Waals surface area contributed by atoms with E-state index in [1.165, 1.54) is 0 Å². The minimum absolute atomic E-state index is 0.223. The van der Waals surface area contributed by atoms with E-state index in [9.17, 15) is 29.7 Å². The molecule has 1 atom stereocenters. The lowest BCUT2D eigenvalue weighted by Crippen LogP contribution is -2.34. The Balaban J connectivity index is 2.86. The molecule has 7 nitrogen and oxygen atoms in total. The van der Waals surface area contributed by atoms with Crippen molar-refractivity contribution in [2.45, 2.75) is 25.0 Å². The van der Waals surface area contributed by atoms with Crippen molar-refractivity contribution in [3.8, 4) is 0 Å². The Labute approximate surface area is 89.9 Å². The standard InChI is InChI=1S/C9H10O7/c10-6(11)1-2-9(15)5(3-7(12)13)4-8(14)16-9/h3,15H,1-2,4H2,(H,10,11)(H,12,13)/p-2/b5-3+/t9-/m1/s1. The molecule has 0 saturated carbocycles. The van der Waals surface area contributed by atoms with E-state index in [1.54, 1.807) is 0 Å².